The van der Waals surface area contributed by atoms with Crippen LogP contribution < -0.4 is 4.80 Å². The van der Waals surface area contributed by atoms with Crippen molar-refractivity contribution < 1.29 is 4.79 Å². The number of benzene rings is 2. The van der Waals surface area contributed by atoms with Gasteiger partial charge in [-0.3, -0.25) is 4.79 Å². The maximum absolute atomic E-state index is 12.2. The number of halogens is 1. The summed E-state index contributed by atoms with van der Waals surface area (Å²) in [4.78, 5) is 17.0. The fourth-order valence-electron chi connectivity index (χ4n) is 2.11. The van der Waals surface area contributed by atoms with E-state index in [1.54, 1.807) is 12.1 Å². The highest BCUT2D eigenvalue weighted by molar-refractivity contribution is 7.07. The third kappa shape index (κ3) is 3.03. The van der Waals surface area contributed by atoms with Crippen LogP contribution in [-0.2, 0) is 7.05 Å². The van der Waals surface area contributed by atoms with Crippen molar-refractivity contribution >= 4 is 28.8 Å². The molecule has 0 fully saturated rings. The number of nitrogens with zero attached hydrogens (tertiary/aromatic N) is 2. The molecule has 22 heavy (non-hydrogen) atoms. The predicted molar refractivity (Wildman–Crippen MR) is 90.1 cm³/mol. The average molecular weight is 329 g/mol. The van der Waals surface area contributed by atoms with Gasteiger partial charge in [-0.25, -0.2) is 0 Å². The van der Waals surface area contributed by atoms with Crippen LogP contribution in [0.2, 0.25) is 5.02 Å². The summed E-state index contributed by atoms with van der Waals surface area (Å²) in [6, 6.07) is 16.7. The van der Waals surface area contributed by atoms with Crippen LogP contribution in [0.1, 0.15) is 10.4 Å². The lowest BCUT2D eigenvalue weighted by molar-refractivity contribution is 0.0998. The quantitative estimate of drug-likeness (QED) is 0.696. The molecule has 3 rings (SSSR count). The van der Waals surface area contributed by atoms with Crippen molar-refractivity contribution in [2.75, 3.05) is 0 Å². The Kier molecular flexibility index (Phi) is 4.22. The summed E-state index contributed by atoms with van der Waals surface area (Å²) in [5, 5.41) is 2.66. The molecule has 0 aliphatic heterocycles. The predicted octanol–water partition coefficient (Wildman–Crippen LogP) is 4.15. The van der Waals surface area contributed by atoms with Gasteiger partial charge in [-0.1, -0.05) is 41.9 Å². The molecule has 0 aliphatic rings. The highest BCUT2D eigenvalue weighted by Gasteiger charge is 2.07. The molecule has 3 nitrogen and oxygen atoms in total. The fraction of sp³-hybridized carbons (Fsp3) is 0.0588. The molecule has 0 saturated carbocycles. The van der Waals surface area contributed by atoms with E-state index in [0.29, 0.717) is 15.4 Å². The molecule has 0 unspecified atom stereocenters. The van der Waals surface area contributed by atoms with E-state index >= 15 is 0 Å². The van der Waals surface area contributed by atoms with Crippen LogP contribution in [0.25, 0.3) is 11.3 Å². The molecule has 1 amide bonds. The number of thiazole rings is 1. The van der Waals surface area contributed by atoms with E-state index in [-0.39, 0.29) is 5.91 Å². The zero-order valence-electron chi connectivity index (χ0n) is 11.9. The van der Waals surface area contributed by atoms with Crippen LogP contribution in [-0.4, -0.2) is 10.5 Å². The van der Waals surface area contributed by atoms with Crippen LogP contribution in [0, 0.1) is 0 Å². The average Bonchev–Trinajstić information content (AvgIpc) is 2.89. The number of carbonyl (C=O) groups excluding carboxylic acids is 1. The monoisotopic (exact) mass is 328 g/mol. The third-order valence-corrected chi connectivity index (χ3v) is 4.41. The Hall–Kier alpha value is -2.17. The van der Waals surface area contributed by atoms with E-state index in [2.05, 4.69) is 4.99 Å². The van der Waals surface area contributed by atoms with E-state index in [0.717, 1.165) is 11.3 Å². The molecule has 110 valence electrons. The highest BCUT2D eigenvalue weighted by Crippen LogP contribution is 2.22. The van der Waals surface area contributed by atoms with E-state index in [1.165, 1.54) is 11.3 Å². The summed E-state index contributed by atoms with van der Waals surface area (Å²) in [6.45, 7) is 0. The lowest BCUT2D eigenvalue weighted by Crippen LogP contribution is -2.14. The molecule has 0 saturated heterocycles. The summed E-state index contributed by atoms with van der Waals surface area (Å²) in [5.74, 6) is -0.240. The minimum absolute atomic E-state index is 0.240. The second-order valence-corrected chi connectivity index (χ2v) is 6.03. The Bertz CT molecular complexity index is 881. The Morgan fingerprint density at radius 1 is 1.14 bits per heavy atom. The van der Waals surface area contributed by atoms with Gasteiger partial charge in [-0.05, 0) is 24.3 Å². The Morgan fingerprint density at radius 2 is 1.91 bits per heavy atom. The van der Waals surface area contributed by atoms with Gasteiger partial charge in [0.05, 0.1) is 5.69 Å². The summed E-state index contributed by atoms with van der Waals surface area (Å²) >= 11 is 7.47. The molecule has 0 atom stereocenters. The summed E-state index contributed by atoms with van der Waals surface area (Å²) in [7, 11) is 1.89. The van der Waals surface area contributed by atoms with E-state index in [1.807, 2.05) is 59.5 Å². The Balaban J connectivity index is 2.00. The summed E-state index contributed by atoms with van der Waals surface area (Å²) < 4.78 is 1.90. The molecule has 0 spiro atoms. The molecule has 0 N–H and O–H groups in total. The first-order valence-corrected chi connectivity index (χ1v) is 7.95. The standard InChI is InChI=1S/C17H13ClN2OS/c1-20-15(13-8-5-9-14(18)10-13)11-22-17(20)19-16(21)12-6-3-2-4-7-12/h2-11H,1H3/b19-17+. The minimum Gasteiger partial charge on any atom is -0.319 e. The van der Waals surface area contributed by atoms with Crippen molar-refractivity contribution in [2.24, 2.45) is 12.0 Å². The van der Waals surface area contributed by atoms with Crippen molar-refractivity contribution in [3.8, 4) is 11.3 Å². The first-order chi connectivity index (χ1) is 10.6. The molecule has 1 aromatic heterocycles. The molecule has 2 aromatic carbocycles. The van der Waals surface area contributed by atoms with Gasteiger partial charge in [0.2, 0.25) is 0 Å². The van der Waals surface area contributed by atoms with Crippen molar-refractivity contribution in [1.29, 1.82) is 0 Å². The fourth-order valence-corrected chi connectivity index (χ4v) is 3.21. The molecule has 5 heteroatoms. The third-order valence-electron chi connectivity index (χ3n) is 3.26. The molecular weight excluding hydrogens is 316 g/mol. The van der Waals surface area contributed by atoms with E-state index in [9.17, 15) is 4.79 Å². The number of carbonyl (C=O) groups is 1. The topological polar surface area (TPSA) is 34.4 Å². The summed E-state index contributed by atoms with van der Waals surface area (Å²) in [5.41, 5.74) is 2.56. The van der Waals surface area contributed by atoms with Gasteiger partial charge in [0, 0.05) is 28.6 Å². The lowest BCUT2D eigenvalue weighted by Gasteiger charge is -2.03. The van der Waals surface area contributed by atoms with Gasteiger partial charge in [-0.2, -0.15) is 4.99 Å². The minimum atomic E-state index is -0.240. The van der Waals surface area contributed by atoms with Crippen LogP contribution in [0.5, 0.6) is 0 Å². The normalized spacial score (nSPS) is 11.6. The van der Waals surface area contributed by atoms with Crippen LogP contribution >= 0.6 is 22.9 Å². The van der Waals surface area contributed by atoms with Crippen molar-refractivity contribution in [2.45, 2.75) is 0 Å². The highest BCUT2D eigenvalue weighted by atomic mass is 35.5. The van der Waals surface area contributed by atoms with Crippen molar-refractivity contribution in [3.63, 3.8) is 0 Å². The maximum atomic E-state index is 12.2. The zero-order valence-corrected chi connectivity index (χ0v) is 13.4. The SMILES string of the molecule is Cn1c(-c2cccc(Cl)c2)cs/c1=N/C(=O)c1ccccc1. The number of hydrogen-bond acceptors (Lipinski definition) is 2. The largest absolute Gasteiger partial charge is 0.319 e. The molecule has 3 aromatic rings. The molecule has 1 heterocycles. The smallest absolute Gasteiger partial charge is 0.279 e. The van der Waals surface area contributed by atoms with E-state index in [4.69, 9.17) is 11.6 Å². The maximum Gasteiger partial charge on any atom is 0.279 e. The number of rotatable bonds is 2. The van der Waals surface area contributed by atoms with Crippen LogP contribution in [0.4, 0.5) is 0 Å². The second-order valence-electron chi connectivity index (χ2n) is 4.76. The summed E-state index contributed by atoms with van der Waals surface area (Å²) in [6.07, 6.45) is 0. The van der Waals surface area contributed by atoms with Crippen LogP contribution in [0.15, 0.2) is 65.0 Å². The second kappa shape index (κ2) is 6.30. The van der Waals surface area contributed by atoms with Gasteiger partial charge >= 0.3 is 0 Å². The molecule has 0 aliphatic carbocycles. The van der Waals surface area contributed by atoms with Crippen molar-refractivity contribution in [3.05, 3.63) is 75.4 Å². The first kappa shape index (κ1) is 14.8. The van der Waals surface area contributed by atoms with Gasteiger partial charge in [0.1, 0.15) is 0 Å². The Morgan fingerprint density at radius 3 is 2.64 bits per heavy atom. The van der Waals surface area contributed by atoms with Gasteiger partial charge in [0.15, 0.2) is 4.80 Å². The number of amides is 1. The number of aromatic nitrogens is 1. The Labute approximate surface area is 137 Å². The van der Waals surface area contributed by atoms with Crippen LogP contribution in [0.3, 0.4) is 0 Å². The van der Waals surface area contributed by atoms with Crippen molar-refractivity contribution in [1.82, 2.24) is 4.57 Å². The first-order valence-electron chi connectivity index (χ1n) is 6.70. The number of hydrogen-bond donors (Lipinski definition) is 0. The van der Waals surface area contributed by atoms with Gasteiger partial charge < -0.3 is 4.57 Å². The molecular formula is C17H13ClN2OS. The van der Waals surface area contributed by atoms with Gasteiger partial charge in [0.25, 0.3) is 5.91 Å². The van der Waals surface area contributed by atoms with E-state index < -0.39 is 0 Å². The zero-order chi connectivity index (χ0) is 15.5. The lowest BCUT2D eigenvalue weighted by atomic mass is 10.2. The van der Waals surface area contributed by atoms with Gasteiger partial charge in [-0.15, -0.1) is 11.3 Å². The molecule has 0 bridgehead atoms. The molecule has 0 radical (unpaired) electrons.